The van der Waals surface area contributed by atoms with Crippen molar-refractivity contribution in [2.24, 2.45) is 0 Å². The Hall–Kier alpha value is -1.44. The van der Waals surface area contributed by atoms with Gasteiger partial charge < -0.3 is 0 Å². The van der Waals surface area contributed by atoms with Crippen LogP contribution in [0.15, 0.2) is 11.5 Å². The highest BCUT2D eigenvalue weighted by Crippen LogP contribution is 2.30. The molecule has 1 N–H and O–H groups in total. The maximum Gasteiger partial charge on any atom is 0.209 e. The van der Waals surface area contributed by atoms with Gasteiger partial charge in [-0.3, -0.25) is 5.10 Å². The summed E-state index contributed by atoms with van der Waals surface area (Å²) in [6.07, 6.45) is 1.50. The van der Waals surface area contributed by atoms with E-state index in [1.807, 2.05) is 13.8 Å². The minimum Gasteiger partial charge on any atom is -0.262 e. The Morgan fingerprint density at radius 3 is 3.13 bits per heavy atom. The van der Waals surface area contributed by atoms with Crippen LogP contribution in [0.1, 0.15) is 24.9 Å². The molecule has 0 spiro atoms. The zero-order chi connectivity index (χ0) is 10.7. The molecule has 15 heavy (non-hydrogen) atoms. The Morgan fingerprint density at radius 2 is 2.47 bits per heavy atom. The lowest BCUT2D eigenvalue weighted by atomic mass is 10.5. The first-order chi connectivity index (χ1) is 7.31. The zero-order valence-corrected chi connectivity index (χ0v) is 9.27. The van der Waals surface area contributed by atoms with Crippen molar-refractivity contribution in [3.8, 4) is 0 Å². The number of aryl methyl sites for hydroxylation is 1. The summed E-state index contributed by atoms with van der Waals surface area (Å²) >= 11 is 1.55. The Balaban J connectivity index is 2.09. The molecule has 7 nitrogen and oxygen atoms in total. The maximum absolute atomic E-state index is 4.09. The quantitative estimate of drug-likeness (QED) is 0.769. The van der Waals surface area contributed by atoms with E-state index in [0.29, 0.717) is 0 Å². The lowest BCUT2D eigenvalue weighted by Gasteiger charge is -2.06. The van der Waals surface area contributed by atoms with Crippen LogP contribution < -0.4 is 0 Å². The number of aromatic amines is 1. The maximum atomic E-state index is 4.09. The van der Waals surface area contributed by atoms with Crippen molar-refractivity contribution in [1.82, 2.24) is 35.4 Å². The summed E-state index contributed by atoms with van der Waals surface area (Å²) in [5, 5.41) is 19.0. The Kier molecular flexibility index (Phi) is 2.95. The highest BCUT2D eigenvalue weighted by Gasteiger charge is 2.14. The lowest BCUT2D eigenvalue weighted by Crippen LogP contribution is -2.00. The summed E-state index contributed by atoms with van der Waals surface area (Å²) in [5.41, 5.74) is 0. The predicted molar refractivity (Wildman–Crippen MR) is 54.1 cm³/mol. The first kappa shape index (κ1) is 10.1. The molecule has 0 fully saturated rings. The van der Waals surface area contributed by atoms with E-state index in [1.54, 1.807) is 16.4 Å². The number of aromatic nitrogens is 7. The van der Waals surface area contributed by atoms with Crippen LogP contribution in [0.4, 0.5) is 0 Å². The molecule has 8 heteroatoms. The summed E-state index contributed by atoms with van der Waals surface area (Å²) < 4.78 is 1.75. The highest BCUT2D eigenvalue weighted by molar-refractivity contribution is 7.99. The molecule has 1 unspecified atom stereocenters. The Morgan fingerprint density at radius 1 is 1.60 bits per heavy atom. The molecule has 0 aliphatic heterocycles. The van der Waals surface area contributed by atoms with Crippen molar-refractivity contribution in [3.63, 3.8) is 0 Å². The fraction of sp³-hybridized carbons (Fsp3) is 0.571. The van der Waals surface area contributed by atoms with E-state index in [-0.39, 0.29) is 5.25 Å². The number of rotatable bonds is 4. The average Bonchev–Trinajstić information content (AvgIpc) is 2.87. The van der Waals surface area contributed by atoms with Gasteiger partial charge in [0.05, 0.1) is 5.25 Å². The van der Waals surface area contributed by atoms with Crippen molar-refractivity contribution in [2.45, 2.75) is 30.8 Å². The first-order valence-electron chi connectivity index (χ1n) is 4.59. The van der Waals surface area contributed by atoms with E-state index >= 15 is 0 Å². The Labute approximate surface area is 90.7 Å². The molecule has 0 aromatic carbocycles. The Bertz CT molecular complexity index is 409. The second kappa shape index (κ2) is 4.39. The fourth-order valence-electron chi connectivity index (χ4n) is 1.10. The molecular weight excluding hydrogens is 214 g/mol. The van der Waals surface area contributed by atoms with Crippen LogP contribution in [-0.4, -0.2) is 35.4 Å². The van der Waals surface area contributed by atoms with E-state index in [9.17, 15) is 0 Å². The summed E-state index contributed by atoms with van der Waals surface area (Å²) in [5.74, 6) is 0.825. The van der Waals surface area contributed by atoms with E-state index in [1.165, 1.54) is 6.33 Å². The highest BCUT2D eigenvalue weighted by atomic mass is 32.2. The van der Waals surface area contributed by atoms with Gasteiger partial charge in [-0.2, -0.15) is 5.10 Å². The second-order valence-corrected chi connectivity index (χ2v) is 4.22. The van der Waals surface area contributed by atoms with Gasteiger partial charge in [-0.25, -0.2) is 9.67 Å². The molecule has 2 heterocycles. The van der Waals surface area contributed by atoms with Gasteiger partial charge >= 0.3 is 0 Å². The van der Waals surface area contributed by atoms with Crippen LogP contribution in [0, 0.1) is 0 Å². The van der Waals surface area contributed by atoms with Crippen molar-refractivity contribution >= 4 is 11.8 Å². The standard InChI is InChI=1S/C7H11N7S/c1-3-14-7(11-12-13-14)15-5(2)6-8-4-9-10-6/h4-5H,3H2,1-2H3,(H,8,9,10). The number of tetrazole rings is 1. The molecule has 0 saturated carbocycles. The topological polar surface area (TPSA) is 85.2 Å². The molecule has 1 atom stereocenters. The van der Waals surface area contributed by atoms with Crippen molar-refractivity contribution in [2.75, 3.05) is 0 Å². The molecule has 2 aromatic rings. The molecule has 0 amide bonds. The molecule has 0 radical (unpaired) electrons. The number of thioether (sulfide) groups is 1. The van der Waals surface area contributed by atoms with Crippen LogP contribution in [0.2, 0.25) is 0 Å². The van der Waals surface area contributed by atoms with Crippen LogP contribution >= 0.6 is 11.8 Å². The van der Waals surface area contributed by atoms with E-state index < -0.39 is 0 Å². The molecule has 0 aliphatic carbocycles. The largest absolute Gasteiger partial charge is 0.262 e. The third kappa shape index (κ3) is 2.14. The SMILES string of the molecule is CCn1nnnc1SC(C)c1ncn[nH]1. The van der Waals surface area contributed by atoms with Gasteiger partial charge in [-0.05, 0) is 24.3 Å². The van der Waals surface area contributed by atoms with Gasteiger partial charge in [0.1, 0.15) is 12.2 Å². The molecular formula is C7H11N7S. The number of hydrogen-bond donors (Lipinski definition) is 1. The predicted octanol–water partition coefficient (Wildman–Crippen LogP) is 0.664. The number of nitrogens with zero attached hydrogens (tertiary/aromatic N) is 6. The first-order valence-corrected chi connectivity index (χ1v) is 5.47. The minimum atomic E-state index is 0.156. The summed E-state index contributed by atoms with van der Waals surface area (Å²) in [6.45, 7) is 4.79. The average molecular weight is 225 g/mol. The number of nitrogens with one attached hydrogen (secondary N) is 1. The molecule has 0 aliphatic rings. The van der Waals surface area contributed by atoms with Crippen molar-refractivity contribution < 1.29 is 0 Å². The third-order valence-electron chi connectivity index (χ3n) is 1.90. The molecule has 2 aromatic heterocycles. The van der Waals surface area contributed by atoms with Gasteiger partial charge in [-0.15, -0.1) is 5.10 Å². The van der Waals surface area contributed by atoms with Gasteiger partial charge in [0.2, 0.25) is 5.16 Å². The van der Waals surface area contributed by atoms with E-state index in [2.05, 4.69) is 30.7 Å². The molecule has 80 valence electrons. The third-order valence-corrected chi connectivity index (χ3v) is 2.98. The zero-order valence-electron chi connectivity index (χ0n) is 8.45. The second-order valence-electron chi connectivity index (χ2n) is 2.91. The fourth-order valence-corrected chi connectivity index (χ4v) is 2.02. The molecule has 0 saturated heterocycles. The lowest BCUT2D eigenvalue weighted by molar-refractivity contribution is 0.580. The van der Waals surface area contributed by atoms with Gasteiger partial charge in [0, 0.05) is 6.54 Å². The van der Waals surface area contributed by atoms with Gasteiger partial charge in [0.25, 0.3) is 0 Å². The molecule has 0 bridgehead atoms. The molecule has 2 rings (SSSR count). The van der Waals surface area contributed by atoms with Gasteiger partial charge in [0.15, 0.2) is 0 Å². The summed E-state index contributed by atoms with van der Waals surface area (Å²) in [7, 11) is 0. The van der Waals surface area contributed by atoms with Crippen LogP contribution in [-0.2, 0) is 6.54 Å². The van der Waals surface area contributed by atoms with Crippen molar-refractivity contribution in [1.29, 1.82) is 0 Å². The summed E-state index contributed by atoms with van der Waals surface area (Å²) in [4.78, 5) is 4.09. The monoisotopic (exact) mass is 225 g/mol. The normalized spacial score (nSPS) is 12.9. The van der Waals surface area contributed by atoms with Crippen molar-refractivity contribution in [3.05, 3.63) is 12.2 Å². The van der Waals surface area contributed by atoms with Gasteiger partial charge in [-0.1, -0.05) is 11.8 Å². The number of hydrogen-bond acceptors (Lipinski definition) is 6. The van der Waals surface area contributed by atoms with Crippen LogP contribution in [0.3, 0.4) is 0 Å². The summed E-state index contributed by atoms with van der Waals surface area (Å²) in [6, 6.07) is 0. The smallest absolute Gasteiger partial charge is 0.209 e. The van der Waals surface area contributed by atoms with Crippen LogP contribution in [0.25, 0.3) is 0 Å². The minimum absolute atomic E-state index is 0.156. The van der Waals surface area contributed by atoms with E-state index in [4.69, 9.17) is 0 Å². The van der Waals surface area contributed by atoms with Crippen LogP contribution in [0.5, 0.6) is 0 Å². The number of H-pyrrole nitrogens is 1. The van der Waals surface area contributed by atoms with E-state index in [0.717, 1.165) is 17.5 Å².